The lowest BCUT2D eigenvalue weighted by molar-refractivity contribution is -0.128. The summed E-state index contributed by atoms with van der Waals surface area (Å²) in [6, 6.07) is 18.3. The average Bonchev–Trinajstić information content (AvgIpc) is 2.89. The number of amides is 1. The number of ether oxygens (including phenoxy) is 3. The number of esters is 1. The molecule has 1 N–H and O–H groups in total. The van der Waals surface area contributed by atoms with E-state index in [9.17, 15) is 9.59 Å². The van der Waals surface area contributed by atoms with E-state index < -0.39 is 18.0 Å². The molecule has 0 bridgehead atoms. The van der Waals surface area contributed by atoms with Crippen molar-refractivity contribution in [3.05, 3.63) is 87.9 Å². The number of nitrogens with zero attached hydrogens (tertiary/aromatic N) is 1. The van der Waals surface area contributed by atoms with E-state index in [-0.39, 0.29) is 0 Å². The van der Waals surface area contributed by atoms with Crippen molar-refractivity contribution in [3.8, 4) is 17.2 Å². The highest BCUT2D eigenvalue weighted by molar-refractivity contribution is 6.35. The molecule has 0 aliphatic rings. The Morgan fingerprint density at radius 2 is 1.68 bits per heavy atom. The number of carbonyl (C=O) groups is 2. The Bertz CT molecular complexity index is 1210. The van der Waals surface area contributed by atoms with Crippen LogP contribution in [0, 0.1) is 0 Å². The lowest BCUT2D eigenvalue weighted by Crippen LogP contribution is -2.35. The Kier molecular flexibility index (Phi) is 10.8. The van der Waals surface area contributed by atoms with Crippen molar-refractivity contribution in [2.75, 3.05) is 6.61 Å². The number of carbonyl (C=O) groups excluding carboxylic acids is 2. The highest BCUT2D eigenvalue weighted by Gasteiger charge is 2.19. The second-order valence-electron chi connectivity index (χ2n) is 8.01. The molecule has 0 aliphatic heterocycles. The number of rotatable bonds is 12. The van der Waals surface area contributed by atoms with E-state index in [0.717, 1.165) is 12.8 Å². The van der Waals surface area contributed by atoms with E-state index in [0.29, 0.717) is 51.4 Å². The van der Waals surface area contributed by atoms with Crippen LogP contribution in [0.2, 0.25) is 10.0 Å². The van der Waals surface area contributed by atoms with Gasteiger partial charge in [-0.15, -0.1) is 0 Å². The molecule has 194 valence electrons. The van der Waals surface area contributed by atoms with Crippen molar-refractivity contribution in [2.24, 2.45) is 5.10 Å². The van der Waals surface area contributed by atoms with Gasteiger partial charge in [-0.05, 0) is 85.1 Å². The molecule has 0 heterocycles. The minimum Gasteiger partial charge on any atom is -0.494 e. The van der Waals surface area contributed by atoms with Crippen molar-refractivity contribution < 1.29 is 23.8 Å². The third kappa shape index (κ3) is 8.81. The first-order valence-electron chi connectivity index (χ1n) is 11.9. The van der Waals surface area contributed by atoms with Crippen LogP contribution < -0.4 is 19.6 Å². The maximum Gasteiger partial charge on any atom is 0.343 e. The van der Waals surface area contributed by atoms with Crippen molar-refractivity contribution in [3.63, 3.8) is 0 Å². The molecule has 9 heteroatoms. The number of nitrogens with one attached hydrogen (secondary N) is 1. The summed E-state index contributed by atoms with van der Waals surface area (Å²) in [7, 11) is 0. The highest BCUT2D eigenvalue weighted by atomic mass is 35.5. The second-order valence-corrected chi connectivity index (χ2v) is 8.85. The van der Waals surface area contributed by atoms with E-state index in [1.54, 1.807) is 66.7 Å². The molecule has 37 heavy (non-hydrogen) atoms. The fourth-order valence-corrected chi connectivity index (χ4v) is 3.55. The minimum atomic E-state index is -0.783. The molecule has 0 radical (unpaired) electrons. The maximum absolute atomic E-state index is 12.5. The van der Waals surface area contributed by atoms with Gasteiger partial charge in [0.1, 0.15) is 17.2 Å². The van der Waals surface area contributed by atoms with Crippen LogP contribution in [0.4, 0.5) is 0 Å². The summed E-state index contributed by atoms with van der Waals surface area (Å²) in [4.78, 5) is 24.9. The van der Waals surface area contributed by atoms with Crippen LogP contribution in [-0.2, 0) is 4.79 Å². The topological polar surface area (TPSA) is 86.2 Å². The number of benzene rings is 3. The van der Waals surface area contributed by atoms with Gasteiger partial charge in [0.05, 0.1) is 23.4 Å². The molecule has 7 nitrogen and oxygen atoms in total. The quantitative estimate of drug-likeness (QED) is 0.0904. The third-order valence-corrected chi connectivity index (χ3v) is 5.69. The fourth-order valence-electron chi connectivity index (χ4n) is 3.10. The largest absolute Gasteiger partial charge is 0.494 e. The molecule has 3 rings (SSSR count). The Hall–Kier alpha value is -3.55. The zero-order valence-corrected chi connectivity index (χ0v) is 22.1. The second kappa shape index (κ2) is 14.3. The number of hydrogen-bond donors (Lipinski definition) is 1. The van der Waals surface area contributed by atoms with Gasteiger partial charge >= 0.3 is 5.97 Å². The van der Waals surface area contributed by atoms with Gasteiger partial charge in [0, 0.05) is 5.02 Å². The van der Waals surface area contributed by atoms with Crippen molar-refractivity contribution in [1.82, 2.24) is 5.43 Å². The van der Waals surface area contributed by atoms with Crippen molar-refractivity contribution >= 4 is 41.3 Å². The van der Waals surface area contributed by atoms with Gasteiger partial charge in [-0.25, -0.2) is 10.2 Å². The van der Waals surface area contributed by atoms with Crippen LogP contribution in [0.25, 0.3) is 0 Å². The molecule has 1 unspecified atom stereocenters. The van der Waals surface area contributed by atoms with Crippen LogP contribution in [0.1, 0.15) is 49.0 Å². The summed E-state index contributed by atoms with van der Waals surface area (Å²) >= 11 is 12.0. The molecular formula is C28H28Cl2N2O5. The summed E-state index contributed by atoms with van der Waals surface area (Å²) in [6.07, 6.45) is 3.13. The Morgan fingerprint density at radius 1 is 0.973 bits per heavy atom. The molecule has 1 atom stereocenters. The van der Waals surface area contributed by atoms with Crippen LogP contribution >= 0.6 is 23.2 Å². The van der Waals surface area contributed by atoms with Gasteiger partial charge in [-0.1, -0.05) is 43.5 Å². The monoisotopic (exact) mass is 542 g/mol. The third-order valence-electron chi connectivity index (χ3n) is 5.16. The van der Waals surface area contributed by atoms with E-state index in [2.05, 4.69) is 17.5 Å². The molecule has 3 aromatic rings. The van der Waals surface area contributed by atoms with Gasteiger partial charge in [-0.2, -0.15) is 5.10 Å². The van der Waals surface area contributed by atoms with Gasteiger partial charge in [-0.3, -0.25) is 4.79 Å². The van der Waals surface area contributed by atoms with Crippen LogP contribution in [-0.4, -0.2) is 30.8 Å². The molecule has 0 fully saturated rings. The number of unbranched alkanes of at least 4 members (excludes halogenated alkanes) is 1. The summed E-state index contributed by atoms with van der Waals surface area (Å²) in [6.45, 7) is 4.55. The Labute approximate surface area is 226 Å². The zero-order valence-electron chi connectivity index (χ0n) is 20.6. The summed E-state index contributed by atoms with van der Waals surface area (Å²) in [5.41, 5.74) is 3.58. The first-order chi connectivity index (χ1) is 17.9. The molecule has 0 aliphatic carbocycles. The first-order valence-corrected chi connectivity index (χ1v) is 12.6. The van der Waals surface area contributed by atoms with Gasteiger partial charge < -0.3 is 14.2 Å². The molecule has 3 aromatic carbocycles. The van der Waals surface area contributed by atoms with Gasteiger partial charge in [0.2, 0.25) is 0 Å². The van der Waals surface area contributed by atoms with Crippen LogP contribution in [0.3, 0.4) is 0 Å². The predicted molar refractivity (Wildman–Crippen MR) is 145 cm³/mol. The minimum absolute atomic E-state index is 0.316. The van der Waals surface area contributed by atoms with Crippen molar-refractivity contribution in [2.45, 2.75) is 39.2 Å². The summed E-state index contributed by atoms with van der Waals surface area (Å²) in [5, 5.41) is 4.77. The molecule has 0 saturated carbocycles. The molecule has 1 amide bonds. The Balaban J connectivity index is 1.50. The Morgan fingerprint density at radius 3 is 2.32 bits per heavy atom. The normalized spacial score (nSPS) is 11.7. The van der Waals surface area contributed by atoms with Crippen LogP contribution in [0.15, 0.2) is 71.8 Å². The molecule has 0 spiro atoms. The average molecular weight is 543 g/mol. The van der Waals surface area contributed by atoms with E-state index in [4.69, 9.17) is 37.4 Å². The number of halogens is 2. The highest BCUT2D eigenvalue weighted by Crippen LogP contribution is 2.28. The fraction of sp³-hybridized carbons (Fsp3) is 0.250. The zero-order chi connectivity index (χ0) is 26.6. The van der Waals surface area contributed by atoms with E-state index >= 15 is 0 Å². The van der Waals surface area contributed by atoms with Crippen LogP contribution in [0.5, 0.6) is 17.2 Å². The number of hydrogen-bond acceptors (Lipinski definition) is 6. The van der Waals surface area contributed by atoms with Crippen molar-refractivity contribution in [1.29, 1.82) is 0 Å². The van der Waals surface area contributed by atoms with Gasteiger partial charge in [0.15, 0.2) is 6.10 Å². The first kappa shape index (κ1) is 28.0. The lowest BCUT2D eigenvalue weighted by Gasteiger charge is -2.16. The molecular weight excluding hydrogens is 515 g/mol. The number of hydrazone groups is 1. The molecule has 0 saturated heterocycles. The predicted octanol–water partition coefficient (Wildman–Crippen LogP) is 6.70. The van der Waals surface area contributed by atoms with E-state index in [1.807, 2.05) is 6.92 Å². The van der Waals surface area contributed by atoms with E-state index in [1.165, 1.54) is 6.21 Å². The maximum atomic E-state index is 12.5. The summed E-state index contributed by atoms with van der Waals surface area (Å²) in [5.74, 6) is 0.566. The molecule has 0 aromatic heterocycles. The SMILES string of the molecule is CCCCOc1ccc(C(=O)Oc2ccc(C=NNC(=O)C(CC)Oc3ccc(Cl)cc3Cl)cc2)cc1. The smallest absolute Gasteiger partial charge is 0.343 e. The van der Waals surface area contributed by atoms with Gasteiger partial charge in [0.25, 0.3) is 5.91 Å². The lowest BCUT2D eigenvalue weighted by atomic mass is 10.2. The summed E-state index contributed by atoms with van der Waals surface area (Å²) < 4.78 is 16.7. The standard InChI is InChI=1S/C28H28Cl2N2O5/c1-3-5-16-35-22-13-8-20(9-14-22)28(34)36-23-11-6-19(7-12-23)18-31-32-27(33)25(4-2)37-26-15-10-21(29)17-24(26)30/h6-15,17-18,25H,3-5,16H2,1-2H3,(H,32,33).